The highest BCUT2D eigenvalue weighted by Gasteiger charge is 2.43. The smallest absolute Gasteiger partial charge is 0.395 e. The van der Waals surface area contributed by atoms with Gasteiger partial charge in [-0.1, -0.05) is 6.07 Å². The van der Waals surface area contributed by atoms with Gasteiger partial charge < -0.3 is 14.8 Å². The number of pyridine rings is 1. The number of nitrogens with one attached hydrogen (secondary N) is 1. The summed E-state index contributed by atoms with van der Waals surface area (Å²) in [6.45, 7) is 2.47. The van der Waals surface area contributed by atoms with Crippen molar-refractivity contribution in [3.8, 4) is 11.5 Å². The van der Waals surface area contributed by atoms with Crippen LogP contribution in [0, 0.1) is 6.92 Å². The van der Waals surface area contributed by atoms with Crippen LogP contribution in [-0.4, -0.2) is 11.3 Å². The number of nitrogens with zero attached hydrogens (tertiary/aromatic N) is 1. The zero-order valence-corrected chi connectivity index (χ0v) is 10.7. The molecule has 4 nitrogen and oxygen atoms in total. The molecule has 104 valence electrons. The van der Waals surface area contributed by atoms with Crippen molar-refractivity contribution in [2.75, 3.05) is 5.32 Å². The largest absolute Gasteiger partial charge is 0.586 e. The minimum Gasteiger partial charge on any atom is -0.395 e. The molecule has 0 atom stereocenters. The molecule has 0 bridgehead atoms. The fraction of sp³-hybridized carbons (Fsp3) is 0.214. The lowest BCUT2D eigenvalue weighted by Crippen LogP contribution is -2.25. The first-order chi connectivity index (χ1) is 9.53. The molecule has 1 N–H and O–H groups in total. The molecular weight excluding hydrogens is 266 g/mol. The van der Waals surface area contributed by atoms with Gasteiger partial charge in [0.2, 0.25) is 0 Å². The third-order valence-corrected chi connectivity index (χ3v) is 2.98. The van der Waals surface area contributed by atoms with Crippen molar-refractivity contribution in [3.05, 3.63) is 47.8 Å². The van der Waals surface area contributed by atoms with E-state index in [9.17, 15) is 8.78 Å². The molecule has 1 aliphatic rings. The predicted molar refractivity (Wildman–Crippen MR) is 68.9 cm³/mol. The number of hydrogen-bond acceptors (Lipinski definition) is 4. The summed E-state index contributed by atoms with van der Waals surface area (Å²) in [6.07, 6.45) is -1.87. The van der Waals surface area contributed by atoms with Gasteiger partial charge in [-0.25, -0.2) is 0 Å². The van der Waals surface area contributed by atoms with E-state index in [4.69, 9.17) is 0 Å². The highest BCUT2D eigenvalue weighted by Crippen LogP contribution is 2.42. The van der Waals surface area contributed by atoms with E-state index < -0.39 is 6.29 Å². The molecule has 0 amide bonds. The summed E-state index contributed by atoms with van der Waals surface area (Å²) in [5.74, 6) is 0.0623. The molecule has 0 radical (unpaired) electrons. The van der Waals surface area contributed by atoms with Crippen molar-refractivity contribution in [2.24, 2.45) is 0 Å². The Balaban J connectivity index is 1.73. The second kappa shape index (κ2) is 4.63. The van der Waals surface area contributed by atoms with Gasteiger partial charge in [-0.2, -0.15) is 0 Å². The first-order valence-corrected chi connectivity index (χ1v) is 6.08. The standard InChI is InChI=1S/C14H12F2N2O2/c1-9-3-2-6-17-11(9)8-18-10-4-5-12-13(7-10)20-14(15,16)19-12/h2-7,18H,8H2,1H3. The van der Waals surface area contributed by atoms with Crippen molar-refractivity contribution in [1.29, 1.82) is 0 Å². The monoisotopic (exact) mass is 278 g/mol. The van der Waals surface area contributed by atoms with Crippen LogP contribution >= 0.6 is 0 Å². The van der Waals surface area contributed by atoms with Crippen LogP contribution in [0.4, 0.5) is 14.5 Å². The Hall–Kier alpha value is -2.37. The Bertz CT molecular complexity index is 647. The summed E-state index contributed by atoms with van der Waals surface area (Å²) < 4.78 is 34.5. The van der Waals surface area contributed by atoms with Crippen LogP contribution in [0.1, 0.15) is 11.3 Å². The Morgan fingerprint density at radius 2 is 2.00 bits per heavy atom. The van der Waals surface area contributed by atoms with Crippen molar-refractivity contribution in [1.82, 2.24) is 4.98 Å². The van der Waals surface area contributed by atoms with Gasteiger partial charge in [0.1, 0.15) is 0 Å². The number of aryl methyl sites for hydroxylation is 1. The summed E-state index contributed by atoms with van der Waals surface area (Å²) >= 11 is 0. The van der Waals surface area contributed by atoms with Crippen molar-refractivity contribution in [3.63, 3.8) is 0 Å². The van der Waals surface area contributed by atoms with E-state index in [0.29, 0.717) is 12.2 Å². The minimum atomic E-state index is -3.58. The fourth-order valence-corrected chi connectivity index (χ4v) is 1.95. The van der Waals surface area contributed by atoms with Gasteiger partial charge in [0, 0.05) is 18.0 Å². The second-order valence-electron chi connectivity index (χ2n) is 4.45. The van der Waals surface area contributed by atoms with Gasteiger partial charge in [0.25, 0.3) is 0 Å². The Labute approximate surface area is 114 Å². The predicted octanol–water partition coefficient (Wildman–Crippen LogP) is 3.32. The van der Waals surface area contributed by atoms with E-state index in [1.54, 1.807) is 12.3 Å². The van der Waals surface area contributed by atoms with Crippen LogP contribution in [0.3, 0.4) is 0 Å². The number of rotatable bonds is 3. The molecule has 2 heterocycles. The van der Waals surface area contributed by atoms with Crippen LogP contribution < -0.4 is 14.8 Å². The fourth-order valence-electron chi connectivity index (χ4n) is 1.95. The normalized spacial score (nSPS) is 15.2. The molecular formula is C14H12F2N2O2. The van der Waals surface area contributed by atoms with E-state index in [1.807, 2.05) is 19.1 Å². The third kappa shape index (κ3) is 2.49. The van der Waals surface area contributed by atoms with Gasteiger partial charge in [0.15, 0.2) is 11.5 Å². The number of anilines is 1. The van der Waals surface area contributed by atoms with Crippen LogP contribution in [-0.2, 0) is 6.54 Å². The number of fused-ring (bicyclic) bond motifs is 1. The maximum absolute atomic E-state index is 12.9. The molecule has 3 rings (SSSR count). The summed E-state index contributed by atoms with van der Waals surface area (Å²) in [6, 6.07) is 8.41. The van der Waals surface area contributed by atoms with Crippen molar-refractivity contribution >= 4 is 5.69 Å². The average Bonchev–Trinajstić information content (AvgIpc) is 2.71. The second-order valence-corrected chi connectivity index (χ2v) is 4.45. The lowest BCUT2D eigenvalue weighted by atomic mass is 10.2. The zero-order chi connectivity index (χ0) is 14.2. The van der Waals surface area contributed by atoms with Crippen molar-refractivity contribution < 1.29 is 18.3 Å². The topological polar surface area (TPSA) is 43.4 Å². The van der Waals surface area contributed by atoms with Gasteiger partial charge in [-0.15, -0.1) is 8.78 Å². The molecule has 1 aromatic heterocycles. The molecule has 0 spiro atoms. The lowest BCUT2D eigenvalue weighted by molar-refractivity contribution is -0.286. The number of alkyl halides is 2. The van der Waals surface area contributed by atoms with E-state index in [1.165, 1.54) is 12.1 Å². The summed E-state index contributed by atoms with van der Waals surface area (Å²) in [4.78, 5) is 4.25. The highest BCUT2D eigenvalue weighted by atomic mass is 19.3. The van der Waals surface area contributed by atoms with E-state index >= 15 is 0 Å². The number of ether oxygens (including phenoxy) is 2. The number of aromatic nitrogens is 1. The Morgan fingerprint density at radius 1 is 1.20 bits per heavy atom. The van der Waals surface area contributed by atoms with E-state index in [2.05, 4.69) is 19.8 Å². The van der Waals surface area contributed by atoms with Gasteiger partial charge in [-0.05, 0) is 30.7 Å². The average molecular weight is 278 g/mol. The molecule has 1 aliphatic heterocycles. The minimum absolute atomic E-state index is 0.0257. The van der Waals surface area contributed by atoms with Crippen molar-refractivity contribution in [2.45, 2.75) is 19.8 Å². The van der Waals surface area contributed by atoms with Gasteiger partial charge in [0.05, 0.1) is 12.2 Å². The van der Waals surface area contributed by atoms with E-state index in [0.717, 1.165) is 11.3 Å². The first-order valence-electron chi connectivity index (χ1n) is 6.08. The molecule has 20 heavy (non-hydrogen) atoms. The molecule has 6 heteroatoms. The molecule has 0 saturated heterocycles. The van der Waals surface area contributed by atoms with Gasteiger partial charge >= 0.3 is 6.29 Å². The lowest BCUT2D eigenvalue weighted by Gasteiger charge is -2.08. The van der Waals surface area contributed by atoms with Crippen LogP contribution in [0.15, 0.2) is 36.5 Å². The summed E-state index contributed by atoms with van der Waals surface area (Å²) in [5.41, 5.74) is 2.62. The van der Waals surface area contributed by atoms with Crippen LogP contribution in [0.2, 0.25) is 0 Å². The molecule has 0 saturated carbocycles. The number of halogens is 2. The first kappa shape index (κ1) is 12.7. The third-order valence-electron chi connectivity index (χ3n) is 2.98. The molecule has 1 aromatic carbocycles. The summed E-state index contributed by atoms with van der Waals surface area (Å²) in [7, 11) is 0. The Kier molecular flexibility index (Phi) is 2.93. The van der Waals surface area contributed by atoms with Gasteiger partial charge in [-0.3, -0.25) is 4.98 Å². The highest BCUT2D eigenvalue weighted by molar-refractivity contribution is 5.56. The zero-order valence-electron chi connectivity index (χ0n) is 10.7. The molecule has 2 aromatic rings. The molecule has 0 aliphatic carbocycles. The maximum atomic E-state index is 12.9. The quantitative estimate of drug-likeness (QED) is 0.935. The van der Waals surface area contributed by atoms with Crippen LogP contribution in [0.5, 0.6) is 11.5 Å². The number of benzene rings is 1. The number of hydrogen-bond donors (Lipinski definition) is 1. The van der Waals surface area contributed by atoms with E-state index in [-0.39, 0.29) is 11.5 Å². The summed E-state index contributed by atoms with van der Waals surface area (Å²) in [5, 5.41) is 3.12. The Morgan fingerprint density at radius 3 is 2.80 bits per heavy atom. The maximum Gasteiger partial charge on any atom is 0.586 e. The van der Waals surface area contributed by atoms with Crippen LogP contribution in [0.25, 0.3) is 0 Å². The SMILES string of the molecule is Cc1cccnc1CNc1ccc2c(c1)OC(F)(F)O2. The molecule has 0 fully saturated rings. The molecule has 0 unspecified atom stereocenters.